The predicted octanol–water partition coefficient (Wildman–Crippen LogP) is 2.62. The molecule has 2 heterocycles. The van der Waals surface area contributed by atoms with Crippen molar-refractivity contribution in [3.8, 4) is 0 Å². The summed E-state index contributed by atoms with van der Waals surface area (Å²) >= 11 is 6.01. The lowest BCUT2D eigenvalue weighted by atomic mass is 9.79. The van der Waals surface area contributed by atoms with E-state index in [9.17, 15) is 9.18 Å². The van der Waals surface area contributed by atoms with Crippen molar-refractivity contribution in [2.45, 2.75) is 25.7 Å². The second kappa shape index (κ2) is 5.93. The topological polar surface area (TPSA) is 32.3 Å². The Bertz CT molecular complexity index is 543. The van der Waals surface area contributed by atoms with Gasteiger partial charge in [-0.1, -0.05) is 17.7 Å². The van der Waals surface area contributed by atoms with Gasteiger partial charge in [-0.15, -0.1) is 0 Å². The summed E-state index contributed by atoms with van der Waals surface area (Å²) in [5.41, 5.74) is 0.966. The van der Waals surface area contributed by atoms with Gasteiger partial charge in [-0.25, -0.2) is 4.39 Å². The van der Waals surface area contributed by atoms with Gasteiger partial charge in [0.15, 0.2) is 0 Å². The van der Waals surface area contributed by atoms with Crippen LogP contribution in [0.25, 0.3) is 0 Å². The van der Waals surface area contributed by atoms with E-state index in [2.05, 4.69) is 5.32 Å². The van der Waals surface area contributed by atoms with Crippen molar-refractivity contribution in [1.29, 1.82) is 0 Å². The molecule has 3 nitrogen and oxygen atoms in total. The molecule has 2 fully saturated rings. The zero-order chi connectivity index (χ0) is 14.9. The fourth-order valence-electron chi connectivity index (χ4n) is 3.50. The number of likely N-dealkylation sites (tertiary alicyclic amines) is 1. The van der Waals surface area contributed by atoms with Crippen LogP contribution in [-0.2, 0) is 11.2 Å². The molecular weight excluding hydrogens is 291 g/mol. The van der Waals surface area contributed by atoms with Gasteiger partial charge in [0, 0.05) is 30.1 Å². The van der Waals surface area contributed by atoms with Crippen molar-refractivity contribution in [2.75, 3.05) is 26.2 Å². The maximum absolute atomic E-state index is 13.1. The molecule has 114 valence electrons. The SMILES string of the molecule is O=C(Cc1ccc(F)cc1Cl)N1CCCC2(CCNC2)C1. The summed E-state index contributed by atoms with van der Waals surface area (Å²) in [7, 11) is 0. The Morgan fingerprint density at radius 1 is 1.43 bits per heavy atom. The zero-order valence-corrected chi connectivity index (χ0v) is 12.8. The molecule has 1 atom stereocenters. The Balaban J connectivity index is 1.67. The first kappa shape index (κ1) is 14.8. The van der Waals surface area contributed by atoms with E-state index in [0.29, 0.717) is 10.6 Å². The fourth-order valence-corrected chi connectivity index (χ4v) is 3.74. The Labute approximate surface area is 129 Å². The van der Waals surface area contributed by atoms with Crippen molar-refractivity contribution in [2.24, 2.45) is 5.41 Å². The lowest BCUT2D eigenvalue weighted by molar-refractivity contribution is -0.133. The summed E-state index contributed by atoms with van der Waals surface area (Å²) in [5.74, 6) is -0.278. The minimum atomic E-state index is -0.370. The van der Waals surface area contributed by atoms with Crippen LogP contribution in [0.2, 0.25) is 5.02 Å². The van der Waals surface area contributed by atoms with Gasteiger partial charge >= 0.3 is 0 Å². The molecule has 0 radical (unpaired) electrons. The highest BCUT2D eigenvalue weighted by molar-refractivity contribution is 6.31. The van der Waals surface area contributed by atoms with Gasteiger partial charge < -0.3 is 10.2 Å². The Morgan fingerprint density at radius 2 is 2.29 bits per heavy atom. The molecule has 1 aromatic carbocycles. The van der Waals surface area contributed by atoms with Gasteiger partial charge in [-0.3, -0.25) is 4.79 Å². The molecular formula is C16H20ClFN2O. The summed E-state index contributed by atoms with van der Waals surface area (Å²) in [6, 6.07) is 4.22. The van der Waals surface area contributed by atoms with E-state index in [4.69, 9.17) is 11.6 Å². The number of carbonyl (C=O) groups is 1. The molecule has 1 amide bonds. The third-order valence-corrected chi connectivity index (χ3v) is 5.05. The number of benzene rings is 1. The second-order valence-corrected chi connectivity index (χ2v) is 6.67. The van der Waals surface area contributed by atoms with E-state index in [1.807, 2.05) is 4.90 Å². The number of piperidine rings is 1. The molecule has 0 aromatic heterocycles. The van der Waals surface area contributed by atoms with Gasteiger partial charge in [-0.05, 0) is 43.5 Å². The lowest BCUT2D eigenvalue weighted by Crippen LogP contribution is -2.47. The number of carbonyl (C=O) groups excluding carboxylic acids is 1. The Kier molecular flexibility index (Phi) is 4.18. The normalized spacial score (nSPS) is 25.5. The lowest BCUT2D eigenvalue weighted by Gasteiger charge is -2.40. The number of hydrogen-bond acceptors (Lipinski definition) is 2. The maximum Gasteiger partial charge on any atom is 0.227 e. The van der Waals surface area contributed by atoms with Crippen molar-refractivity contribution in [3.05, 3.63) is 34.6 Å². The number of hydrogen-bond donors (Lipinski definition) is 1. The molecule has 2 aliphatic rings. The second-order valence-electron chi connectivity index (χ2n) is 6.26. The molecule has 0 saturated carbocycles. The number of nitrogens with one attached hydrogen (secondary N) is 1. The van der Waals surface area contributed by atoms with E-state index in [1.54, 1.807) is 6.07 Å². The third-order valence-electron chi connectivity index (χ3n) is 4.70. The van der Waals surface area contributed by atoms with E-state index in [0.717, 1.165) is 39.0 Å². The number of halogens is 2. The van der Waals surface area contributed by atoms with Crippen LogP contribution in [0.15, 0.2) is 18.2 Å². The number of amides is 1. The van der Waals surface area contributed by atoms with Crippen molar-refractivity contribution in [1.82, 2.24) is 10.2 Å². The van der Waals surface area contributed by atoms with E-state index >= 15 is 0 Å². The van der Waals surface area contributed by atoms with Crippen LogP contribution in [0.4, 0.5) is 4.39 Å². The molecule has 1 spiro atoms. The molecule has 0 bridgehead atoms. The van der Waals surface area contributed by atoms with Gasteiger partial charge in [0.1, 0.15) is 5.82 Å². The molecule has 1 unspecified atom stereocenters. The summed E-state index contributed by atoms with van der Waals surface area (Å²) < 4.78 is 13.1. The predicted molar refractivity (Wildman–Crippen MR) is 80.8 cm³/mol. The number of rotatable bonds is 2. The Hall–Kier alpha value is -1.13. The summed E-state index contributed by atoms with van der Waals surface area (Å²) in [4.78, 5) is 14.5. The minimum Gasteiger partial charge on any atom is -0.342 e. The van der Waals surface area contributed by atoms with Gasteiger partial charge in [0.2, 0.25) is 5.91 Å². The smallest absolute Gasteiger partial charge is 0.227 e. The van der Waals surface area contributed by atoms with Gasteiger partial charge in [0.25, 0.3) is 0 Å². The molecule has 0 aliphatic carbocycles. The number of nitrogens with zero attached hydrogens (tertiary/aromatic N) is 1. The molecule has 2 saturated heterocycles. The zero-order valence-electron chi connectivity index (χ0n) is 12.0. The largest absolute Gasteiger partial charge is 0.342 e. The first-order valence-corrected chi connectivity index (χ1v) is 7.88. The standard InChI is InChI=1S/C16H20ClFN2O/c17-14-9-13(18)3-2-12(14)8-15(21)20-7-1-4-16(11-20)5-6-19-10-16/h2-3,9,19H,1,4-8,10-11H2. The van der Waals surface area contributed by atoms with Gasteiger partial charge in [0.05, 0.1) is 6.42 Å². The van der Waals surface area contributed by atoms with E-state index < -0.39 is 0 Å². The van der Waals surface area contributed by atoms with Crippen LogP contribution >= 0.6 is 11.6 Å². The Morgan fingerprint density at radius 3 is 3.00 bits per heavy atom. The summed E-state index contributed by atoms with van der Waals surface area (Å²) in [5, 5.41) is 3.74. The first-order valence-electron chi connectivity index (χ1n) is 7.50. The molecule has 2 aliphatic heterocycles. The molecule has 1 N–H and O–H groups in total. The van der Waals surface area contributed by atoms with Crippen LogP contribution in [0, 0.1) is 11.2 Å². The average molecular weight is 311 g/mol. The van der Waals surface area contributed by atoms with Crippen molar-refractivity contribution in [3.63, 3.8) is 0 Å². The van der Waals surface area contributed by atoms with Crippen LogP contribution in [0.3, 0.4) is 0 Å². The third kappa shape index (κ3) is 3.22. The van der Waals surface area contributed by atoms with Crippen LogP contribution in [0.5, 0.6) is 0 Å². The molecule has 3 rings (SSSR count). The van der Waals surface area contributed by atoms with Gasteiger partial charge in [-0.2, -0.15) is 0 Å². The molecule has 1 aromatic rings. The first-order chi connectivity index (χ1) is 10.1. The van der Waals surface area contributed by atoms with E-state index in [1.165, 1.54) is 18.6 Å². The van der Waals surface area contributed by atoms with Crippen LogP contribution in [0.1, 0.15) is 24.8 Å². The maximum atomic E-state index is 13.1. The quantitative estimate of drug-likeness (QED) is 0.911. The minimum absolute atomic E-state index is 0.0921. The highest BCUT2D eigenvalue weighted by Gasteiger charge is 2.39. The fraction of sp³-hybridized carbons (Fsp3) is 0.562. The summed E-state index contributed by atoms with van der Waals surface area (Å²) in [6.45, 7) is 3.71. The van der Waals surface area contributed by atoms with Crippen LogP contribution < -0.4 is 5.32 Å². The van der Waals surface area contributed by atoms with Crippen LogP contribution in [-0.4, -0.2) is 37.0 Å². The molecule has 5 heteroatoms. The van der Waals surface area contributed by atoms with E-state index in [-0.39, 0.29) is 23.6 Å². The van der Waals surface area contributed by atoms with Crippen molar-refractivity contribution >= 4 is 17.5 Å². The summed E-state index contributed by atoms with van der Waals surface area (Å²) in [6.07, 6.45) is 3.66. The monoisotopic (exact) mass is 310 g/mol. The average Bonchev–Trinajstić information content (AvgIpc) is 2.90. The molecule has 21 heavy (non-hydrogen) atoms. The highest BCUT2D eigenvalue weighted by atomic mass is 35.5. The highest BCUT2D eigenvalue weighted by Crippen LogP contribution is 2.35. The van der Waals surface area contributed by atoms with Crippen molar-refractivity contribution < 1.29 is 9.18 Å².